The summed E-state index contributed by atoms with van der Waals surface area (Å²) in [4.78, 5) is 2.54. The molecular formula is C23H34N2. The Morgan fingerprint density at radius 1 is 0.720 bits per heavy atom. The van der Waals surface area contributed by atoms with Gasteiger partial charge >= 0.3 is 0 Å². The van der Waals surface area contributed by atoms with Crippen molar-refractivity contribution in [3.05, 3.63) is 71.8 Å². The lowest BCUT2D eigenvalue weighted by Gasteiger charge is -2.30. The van der Waals surface area contributed by atoms with E-state index < -0.39 is 0 Å². The third-order valence-electron chi connectivity index (χ3n) is 4.89. The van der Waals surface area contributed by atoms with E-state index >= 15 is 0 Å². The number of hydrogen-bond acceptors (Lipinski definition) is 2. The highest BCUT2D eigenvalue weighted by Gasteiger charge is 2.14. The minimum absolute atomic E-state index is 0.459. The molecule has 0 atom stereocenters. The first-order valence-electron chi connectivity index (χ1n) is 9.66. The van der Waals surface area contributed by atoms with Crippen molar-refractivity contribution in [3.8, 4) is 0 Å². The minimum Gasteiger partial charge on any atom is -0.315 e. The van der Waals surface area contributed by atoms with Gasteiger partial charge in [-0.25, -0.2) is 0 Å². The maximum absolute atomic E-state index is 3.65. The molecule has 0 aliphatic rings. The van der Waals surface area contributed by atoms with Gasteiger partial charge in [0.05, 0.1) is 0 Å². The largest absolute Gasteiger partial charge is 0.315 e. The normalized spacial score (nSPS) is 11.8. The Hall–Kier alpha value is -1.64. The van der Waals surface area contributed by atoms with E-state index in [1.54, 1.807) is 0 Å². The highest BCUT2D eigenvalue weighted by Crippen LogP contribution is 2.27. The van der Waals surface area contributed by atoms with E-state index in [9.17, 15) is 0 Å². The second-order valence-corrected chi connectivity index (χ2v) is 7.34. The van der Waals surface area contributed by atoms with Crippen molar-refractivity contribution >= 4 is 0 Å². The molecule has 0 aliphatic carbocycles. The first-order chi connectivity index (χ1) is 12.1. The molecule has 0 saturated heterocycles. The predicted octanol–water partition coefficient (Wildman–Crippen LogP) is 4.92. The summed E-state index contributed by atoms with van der Waals surface area (Å²) in [6, 6.07) is 22.9. The van der Waals surface area contributed by atoms with Gasteiger partial charge in [0, 0.05) is 31.1 Å². The molecule has 2 nitrogen and oxygen atoms in total. The molecule has 0 aromatic heterocycles. The number of rotatable bonds is 10. The van der Waals surface area contributed by atoms with Crippen LogP contribution >= 0.6 is 0 Å². The summed E-state index contributed by atoms with van der Waals surface area (Å²) in [6.07, 6.45) is 1.12. The van der Waals surface area contributed by atoms with Gasteiger partial charge in [0.25, 0.3) is 0 Å². The van der Waals surface area contributed by atoms with Crippen LogP contribution in [0, 0.1) is 0 Å². The van der Waals surface area contributed by atoms with Gasteiger partial charge in [0.2, 0.25) is 0 Å². The summed E-state index contributed by atoms with van der Waals surface area (Å²) >= 11 is 0. The zero-order valence-corrected chi connectivity index (χ0v) is 16.3. The molecule has 25 heavy (non-hydrogen) atoms. The van der Waals surface area contributed by atoms with Crippen LogP contribution in [-0.2, 0) is 0 Å². The number of benzene rings is 2. The van der Waals surface area contributed by atoms with Crippen molar-refractivity contribution in [2.24, 2.45) is 0 Å². The summed E-state index contributed by atoms with van der Waals surface area (Å²) in [7, 11) is 0. The molecule has 2 aromatic carbocycles. The topological polar surface area (TPSA) is 15.3 Å². The molecule has 0 spiro atoms. The van der Waals surface area contributed by atoms with Crippen LogP contribution in [0.25, 0.3) is 0 Å². The van der Waals surface area contributed by atoms with Crippen LogP contribution in [0.3, 0.4) is 0 Å². The average molecular weight is 339 g/mol. The second-order valence-electron chi connectivity index (χ2n) is 7.34. The van der Waals surface area contributed by atoms with Crippen LogP contribution < -0.4 is 5.32 Å². The summed E-state index contributed by atoms with van der Waals surface area (Å²) in [5.74, 6) is 0.459. The maximum Gasteiger partial charge on any atom is 0.0112 e. The smallest absolute Gasteiger partial charge is 0.0112 e. The lowest BCUT2D eigenvalue weighted by molar-refractivity contribution is 0.176. The van der Waals surface area contributed by atoms with Crippen LogP contribution in [0.2, 0.25) is 0 Å². The Morgan fingerprint density at radius 3 is 1.64 bits per heavy atom. The van der Waals surface area contributed by atoms with Crippen LogP contribution in [0.4, 0.5) is 0 Å². The summed E-state index contributed by atoms with van der Waals surface area (Å²) in [5.41, 5.74) is 2.81. The minimum atomic E-state index is 0.459. The third-order valence-corrected chi connectivity index (χ3v) is 4.89. The number of hydrogen-bond donors (Lipinski definition) is 1. The Balaban J connectivity index is 1.89. The fourth-order valence-corrected chi connectivity index (χ4v) is 3.59. The highest BCUT2D eigenvalue weighted by atomic mass is 15.2. The molecule has 0 radical (unpaired) electrons. The second kappa shape index (κ2) is 10.4. The summed E-state index contributed by atoms with van der Waals surface area (Å²) < 4.78 is 0. The molecule has 136 valence electrons. The molecule has 0 aliphatic heterocycles. The molecule has 0 fully saturated rings. The van der Waals surface area contributed by atoms with Crippen LogP contribution in [0.15, 0.2) is 60.7 Å². The molecule has 0 saturated carbocycles. The zero-order valence-electron chi connectivity index (χ0n) is 16.3. The zero-order chi connectivity index (χ0) is 18.1. The molecule has 0 bridgehead atoms. The molecule has 0 heterocycles. The Morgan fingerprint density at radius 2 is 1.20 bits per heavy atom. The molecule has 2 rings (SSSR count). The summed E-state index contributed by atoms with van der Waals surface area (Å²) in [5, 5.41) is 3.65. The van der Waals surface area contributed by atoms with Crippen LogP contribution in [0.5, 0.6) is 0 Å². The molecule has 0 amide bonds. The Bertz CT molecular complexity index is 530. The monoisotopic (exact) mass is 338 g/mol. The van der Waals surface area contributed by atoms with E-state index in [1.165, 1.54) is 11.1 Å². The van der Waals surface area contributed by atoms with Crippen molar-refractivity contribution in [3.63, 3.8) is 0 Å². The van der Waals surface area contributed by atoms with Gasteiger partial charge in [0.1, 0.15) is 0 Å². The fourth-order valence-electron chi connectivity index (χ4n) is 3.59. The first-order valence-corrected chi connectivity index (χ1v) is 9.66. The predicted molar refractivity (Wildman–Crippen MR) is 109 cm³/mol. The van der Waals surface area contributed by atoms with Crippen molar-refractivity contribution in [2.45, 2.75) is 52.1 Å². The summed E-state index contributed by atoms with van der Waals surface area (Å²) in [6.45, 7) is 12.3. The van der Waals surface area contributed by atoms with Gasteiger partial charge in [-0.2, -0.15) is 0 Å². The lowest BCUT2D eigenvalue weighted by atomic mass is 9.88. The van der Waals surface area contributed by atoms with E-state index in [0.717, 1.165) is 26.1 Å². The number of nitrogens with zero attached hydrogens (tertiary/aromatic N) is 1. The standard InChI is InChI=1S/C23H34N2/c1-19(2)25(20(3)4)18-17-24-16-15-23(21-11-7-5-8-12-21)22-13-9-6-10-14-22/h5-14,19-20,23-24H,15-18H2,1-4H3. The Labute approximate surface area is 154 Å². The van der Waals surface area contributed by atoms with Gasteiger partial charge < -0.3 is 5.32 Å². The van der Waals surface area contributed by atoms with Crippen LogP contribution in [0.1, 0.15) is 51.2 Å². The first kappa shape index (κ1) is 19.7. The Kier molecular flexibility index (Phi) is 8.17. The SMILES string of the molecule is CC(C)N(CCNCCC(c1ccccc1)c1ccccc1)C(C)C. The molecule has 2 heteroatoms. The lowest BCUT2D eigenvalue weighted by Crippen LogP contribution is -2.41. The molecule has 0 unspecified atom stereocenters. The van der Waals surface area contributed by atoms with Gasteiger partial charge in [-0.15, -0.1) is 0 Å². The van der Waals surface area contributed by atoms with E-state index in [0.29, 0.717) is 18.0 Å². The van der Waals surface area contributed by atoms with E-state index in [2.05, 4.69) is 98.6 Å². The van der Waals surface area contributed by atoms with Gasteiger partial charge in [-0.05, 0) is 51.8 Å². The fraction of sp³-hybridized carbons (Fsp3) is 0.478. The van der Waals surface area contributed by atoms with Gasteiger partial charge in [-0.3, -0.25) is 4.90 Å². The van der Waals surface area contributed by atoms with Crippen molar-refractivity contribution in [1.29, 1.82) is 0 Å². The van der Waals surface area contributed by atoms with E-state index in [4.69, 9.17) is 0 Å². The van der Waals surface area contributed by atoms with Gasteiger partial charge in [0.15, 0.2) is 0 Å². The average Bonchev–Trinajstić information content (AvgIpc) is 2.62. The van der Waals surface area contributed by atoms with Crippen molar-refractivity contribution < 1.29 is 0 Å². The molecule has 1 N–H and O–H groups in total. The van der Waals surface area contributed by atoms with Crippen molar-refractivity contribution in [1.82, 2.24) is 10.2 Å². The van der Waals surface area contributed by atoms with Gasteiger partial charge in [-0.1, -0.05) is 60.7 Å². The third kappa shape index (κ3) is 6.30. The maximum atomic E-state index is 3.65. The van der Waals surface area contributed by atoms with E-state index in [1.807, 2.05) is 0 Å². The van der Waals surface area contributed by atoms with E-state index in [-0.39, 0.29) is 0 Å². The van der Waals surface area contributed by atoms with Crippen LogP contribution in [-0.4, -0.2) is 36.6 Å². The molecular weight excluding hydrogens is 304 g/mol. The highest BCUT2D eigenvalue weighted by molar-refractivity contribution is 5.32. The number of nitrogens with one attached hydrogen (secondary N) is 1. The van der Waals surface area contributed by atoms with Crippen molar-refractivity contribution in [2.75, 3.05) is 19.6 Å². The molecule has 2 aromatic rings. The quantitative estimate of drug-likeness (QED) is 0.619.